The predicted octanol–water partition coefficient (Wildman–Crippen LogP) is 2.39. The summed E-state index contributed by atoms with van der Waals surface area (Å²) in [6.45, 7) is 0. The second-order valence-electron chi connectivity index (χ2n) is 4.00. The van der Waals surface area contributed by atoms with Crippen LogP contribution in [0.15, 0.2) is 30.5 Å². The number of hydrogen-bond acceptors (Lipinski definition) is 3. The SMILES string of the molecule is NC(=S)c1ccc(C(=O)Nc2cc(F)cc(F)c2F)nc1. The predicted molar refractivity (Wildman–Crippen MR) is 74.4 cm³/mol. The molecule has 0 aliphatic rings. The molecule has 1 amide bonds. The Morgan fingerprint density at radius 2 is 1.95 bits per heavy atom. The van der Waals surface area contributed by atoms with Crippen molar-refractivity contribution in [3.05, 3.63) is 59.2 Å². The Balaban J connectivity index is 2.24. The van der Waals surface area contributed by atoms with Crippen LogP contribution in [0.2, 0.25) is 0 Å². The lowest BCUT2D eigenvalue weighted by Crippen LogP contribution is -2.16. The molecule has 8 heteroatoms. The molecule has 0 radical (unpaired) electrons. The monoisotopic (exact) mass is 311 g/mol. The fourth-order valence-corrected chi connectivity index (χ4v) is 1.63. The van der Waals surface area contributed by atoms with Gasteiger partial charge in [-0.05, 0) is 12.1 Å². The average Bonchev–Trinajstić information content (AvgIpc) is 2.44. The first-order valence-electron chi connectivity index (χ1n) is 5.60. The second-order valence-corrected chi connectivity index (χ2v) is 4.44. The number of carbonyl (C=O) groups excluding carboxylic acids is 1. The molecule has 1 aromatic carbocycles. The topological polar surface area (TPSA) is 68.0 Å². The van der Waals surface area contributed by atoms with Crippen molar-refractivity contribution in [2.24, 2.45) is 5.73 Å². The van der Waals surface area contributed by atoms with E-state index in [-0.39, 0.29) is 10.7 Å². The van der Waals surface area contributed by atoms with Gasteiger partial charge in [-0.2, -0.15) is 0 Å². The molecule has 0 spiro atoms. The average molecular weight is 311 g/mol. The molecule has 108 valence electrons. The molecule has 2 aromatic rings. The number of benzene rings is 1. The van der Waals surface area contributed by atoms with Gasteiger partial charge >= 0.3 is 0 Å². The van der Waals surface area contributed by atoms with Crippen molar-refractivity contribution in [2.45, 2.75) is 0 Å². The number of halogens is 3. The van der Waals surface area contributed by atoms with Crippen LogP contribution < -0.4 is 11.1 Å². The van der Waals surface area contributed by atoms with Crippen LogP contribution in [0.3, 0.4) is 0 Å². The quantitative estimate of drug-likeness (QED) is 0.674. The van der Waals surface area contributed by atoms with Gasteiger partial charge in [-0.15, -0.1) is 0 Å². The Labute approximate surface area is 122 Å². The molecule has 0 aliphatic carbocycles. The summed E-state index contributed by atoms with van der Waals surface area (Å²) in [7, 11) is 0. The first-order valence-corrected chi connectivity index (χ1v) is 6.01. The van der Waals surface area contributed by atoms with Gasteiger partial charge in [-0.3, -0.25) is 9.78 Å². The normalized spacial score (nSPS) is 10.2. The number of rotatable bonds is 3. The summed E-state index contributed by atoms with van der Waals surface area (Å²) in [5.74, 6) is -4.60. The number of pyridine rings is 1. The summed E-state index contributed by atoms with van der Waals surface area (Å²) in [6.07, 6.45) is 1.26. The summed E-state index contributed by atoms with van der Waals surface area (Å²) in [4.78, 5) is 15.7. The molecule has 0 saturated carbocycles. The van der Waals surface area contributed by atoms with Gasteiger partial charge in [0.15, 0.2) is 11.6 Å². The third-order valence-corrected chi connectivity index (χ3v) is 2.76. The van der Waals surface area contributed by atoms with Gasteiger partial charge in [0.1, 0.15) is 16.5 Å². The van der Waals surface area contributed by atoms with Gasteiger partial charge in [0, 0.05) is 23.9 Å². The van der Waals surface area contributed by atoms with E-state index in [0.29, 0.717) is 17.7 Å². The summed E-state index contributed by atoms with van der Waals surface area (Å²) < 4.78 is 39.4. The highest BCUT2D eigenvalue weighted by Gasteiger charge is 2.15. The van der Waals surface area contributed by atoms with Crippen LogP contribution in [-0.2, 0) is 0 Å². The molecule has 3 N–H and O–H groups in total. The van der Waals surface area contributed by atoms with E-state index in [4.69, 9.17) is 18.0 Å². The lowest BCUT2D eigenvalue weighted by molar-refractivity contribution is 0.102. The molecule has 0 aliphatic heterocycles. The van der Waals surface area contributed by atoms with Crippen molar-refractivity contribution >= 4 is 28.8 Å². The van der Waals surface area contributed by atoms with Gasteiger partial charge in [0.05, 0.1) is 5.69 Å². The number of anilines is 1. The third-order valence-electron chi connectivity index (χ3n) is 2.52. The first-order chi connectivity index (χ1) is 9.88. The number of carbonyl (C=O) groups is 1. The molecule has 0 fully saturated rings. The number of amides is 1. The van der Waals surface area contributed by atoms with Gasteiger partial charge in [-0.25, -0.2) is 13.2 Å². The lowest BCUT2D eigenvalue weighted by atomic mass is 10.2. The summed E-state index contributed by atoms with van der Waals surface area (Å²) in [5, 5.41) is 2.04. The zero-order valence-electron chi connectivity index (χ0n) is 10.4. The highest BCUT2D eigenvalue weighted by Crippen LogP contribution is 2.19. The van der Waals surface area contributed by atoms with E-state index in [9.17, 15) is 18.0 Å². The molecule has 4 nitrogen and oxygen atoms in total. The highest BCUT2D eigenvalue weighted by molar-refractivity contribution is 7.80. The van der Waals surface area contributed by atoms with Gasteiger partial charge in [-0.1, -0.05) is 12.2 Å². The van der Waals surface area contributed by atoms with Gasteiger partial charge in [0.25, 0.3) is 5.91 Å². The maximum atomic E-state index is 13.4. The Morgan fingerprint density at radius 3 is 2.52 bits per heavy atom. The maximum absolute atomic E-state index is 13.4. The van der Waals surface area contributed by atoms with Crippen LogP contribution in [0.4, 0.5) is 18.9 Å². The van der Waals surface area contributed by atoms with Gasteiger partial charge < -0.3 is 11.1 Å². The molecule has 0 saturated heterocycles. The Bertz CT molecular complexity index is 719. The van der Waals surface area contributed by atoms with E-state index in [1.807, 2.05) is 5.32 Å². The minimum atomic E-state index is -1.40. The molecule has 0 unspecified atom stereocenters. The van der Waals surface area contributed by atoms with Crippen LogP contribution in [0.5, 0.6) is 0 Å². The van der Waals surface area contributed by atoms with Crippen molar-refractivity contribution in [3.63, 3.8) is 0 Å². The molecule has 1 aromatic heterocycles. The fraction of sp³-hybridized carbons (Fsp3) is 0. The highest BCUT2D eigenvalue weighted by atomic mass is 32.1. The number of thiocarbonyl (C=S) groups is 1. The first kappa shape index (κ1) is 14.9. The van der Waals surface area contributed by atoms with Crippen molar-refractivity contribution in [2.75, 3.05) is 5.32 Å². The molecular formula is C13H8F3N3OS. The van der Waals surface area contributed by atoms with Crippen molar-refractivity contribution in [3.8, 4) is 0 Å². The van der Waals surface area contributed by atoms with Crippen molar-refractivity contribution < 1.29 is 18.0 Å². The zero-order valence-corrected chi connectivity index (χ0v) is 11.2. The van der Waals surface area contributed by atoms with E-state index in [1.54, 1.807) is 0 Å². The zero-order chi connectivity index (χ0) is 15.6. The number of hydrogen-bond donors (Lipinski definition) is 2. The molecule has 1 heterocycles. The maximum Gasteiger partial charge on any atom is 0.274 e. The fourth-order valence-electron chi connectivity index (χ4n) is 1.51. The lowest BCUT2D eigenvalue weighted by Gasteiger charge is -2.07. The van der Waals surface area contributed by atoms with E-state index in [1.165, 1.54) is 18.3 Å². The van der Waals surface area contributed by atoms with Crippen molar-refractivity contribution in [1.82, 2.24) is 4.98 Å². The largest absolute Gasteiger partial charge is 0.389 e. The Hall–Kier alpha value is -2.48. The molecule has 21 heavy (non-hydrogen) atoms. The van der Waals surface area contributed by atoms with Crippen LogP contribution >= 0.6 is 12.2 Å². The Kier molecular flexibility index (Phi) is 4.18. The van der Waals surface area contributed by atoms with E-state index in [0.717, 1.165) is 0 Å². The Morgan fingerprint density at radius 1 is 1.24 bits per heavy atom. The number of nitrogens with zero attached hydrogens (tertiary/aromatic N) is 1. The summed E-state index contributed by atoms with van der Waals surface area (Å²) >= 11 is 4.73. The standard InChI is InChI=1S/C13H8F3N3OS/c14-7-3-8(15)11(16)10(4-7)19-13(20)9-2-1-6(5-18-9)12(17)21/h1-5H,(H2,17,21)(H,19,20). The number of nitrogens with two attached hydrogens (primary N) is 1. The number of aromatic nitrogens is 1. The minimum absolute atomic E-state index is 0.0842. The molecule has 0 atom stereocenters. The van der Waals surface area contributed by atoms with Crippen LogP contribution in [-0.4, -0.2) is 15.9 Å². The summed E-state index contributed by atoms with van der Waals surface area (Å²) in [6, 6.07) is 3.80. The van der Waals surface area contributed by atoms with Gasteiger partial charge in [0.2, 0.25) is 0 Å². The van der Waals surface area contributed by atoms with Crippen LogP contribution in [0.1, 0.15) is 16.1 Å². The van der Waals surface area contributed by atoms with E-state index >= 15 is 0 Å². The second kappa shape index (κ2) is 5.88. The van der Waals surface area contributed by atoms with Crippen LogP contribution in [0.25, 0.3) is 0 Å². The third kappa shape index (κ3) is 3.34. The summed E-state index contributed by atoms with van der Waals surface area (Å²) in [5.41, 5.74) is 5.13. The molecule has 2 rings (SSSR count). The molecular weight excluding hydrogens is 303 g/mol. The smallest absolute Gasteiger partial charge is 0.274 e. The molecule has 0 bridgehead atoms. The van der Waals surface area contributed by atoms with Crippen LogP contribution in [0, 0.1) is 17.5 Å². The number of nitrogens with one attached hydrogen (secondary N) is 1. The van der Waals surface area contributed by atoms with E-state index in [2.05, 4.69) is 4.98 Å². The van der Waals surface area contributed by atoms with Crippen molar-refractivity contribution in [1.29, 1.82) is 0 Å². The minimum Gasteiger partial charge on any atom is -0.389 e. The van der Waals surface area contributed by atoms with E-state index < -0.39 is 29.0 Å².